The third-order valence-electron chi connectivity index (χ3n) is 8.16. The molecule has 7 heteroatoms. The summed E-state index contributed by atoms with van der Waals surface area (Å²) in [6.07, 6.45) is 3.04. The van der Waals surface area contributed by atoms with E-state index in [0.29, 0.717) is 11.5 Å². The first kappa shape index (κ1) is 27.4. The number of methoxy groups -OCH3 is 3. The van der Waals surface area contributed by atoms with Gasteiger partial charge in [-0.3, -0.25) is 0 Å². The number of aromatic nitrogens is 1. The molecule has 0 fully saturated rings. The molecule has 3 heterocycles. The van der Waals surface area contributed by atoms with E-state index in [9.17, 15) is 0 Å². The highest BCUT2D eigenvalue weighted by molar-refractivity contribution is 5.96. The summed E-state index contributed by atoms with van der Waals surface area (Å²) in [5, 5.41) is 1.97. The minimum Gasteiger partial charge on any atom is -1.00 e. The lowest BCUT2D eigenvalue weighted by Gasteiger charge is -2.36. The van der Waals surface area contributed by atoms with Gasteiger partial charge in [0.25, 0.3) is 0 Å². The Balaban J connectivity index is 0.00000302. The van der Waals surface area contributed by atoms with Gasteiger partial charge in [-0.2, -0.15) is 4.57 Å². The SMILES string of the molecule is COc1ccc2c(C(OC)(c3ccccc3)c3ccccc3)c3[n+](cc2c1OC)CCc1cc2c(cc1-3)OCO2.[I-]. The first-order valence-corrected chi connectivity index (χ1v) is 13.4. The molecule has 7 rings (SSSR count). The lowest BCUT2D eigenvalue weighted by atomic mass is 9.75. The van der Waals surface area contributed by atoms with E-state index in [4.69, 9.17) is 23.7 Å². The number of aryl methyl sites for hydroxylation is 2. The number of fused-ring (bicyclic) bond motifs is 5. The van der Waals surface area contributed by atoms with E-state index in [1.165, 1.54) is 5.56 Å². The number of benzene rings is 4. The van der Waals surface area contributed by atoms with Gasteiger partial charge in [0, 0.05) is 18.9 Å². The molecule has 4 aromatic carbocycles. The van der Waals surface area contributed by atoms with Gasteiger partial charge in [-0.25, -0.2) is 0 Å². The first-order valence-electron chi connectivity index (χ1n) is 13.4. The number of nitrogens with zero attached hydrogens (tertiary/aromatic N) is 1. The molecule has 0 atom stereocenters. The number of ether oxygens (including phenoxy) is 5. The van der Waals surface area contributed by atoms with Gasteiger partial charge in [-0.1, -0.05) is 60.7 Å². The van der Waals surface area contributed by atoms with E-state index >= 15 is 0 Å². The molecular formula is C34H30INO5. The van der Waals surface area contributed by atoms with Crippen molar-refractivity contribution in [3.05, 3.63) is 113 Å². The molecule has 0 N–H and O–H groups in total. The molecule has 0 spiro atoms. The largest absolute Gasteiger partial charge is 1.00 e. The van der Waals surface area contributed by atoms with Gasteiger partial charge < -0.3 is 47.7 Å². The summed E-state index contributed by atoms with van der Waals surface area (Å²) in [5.41, 5.74) is 5.55. The quantitative estimate of drug-likeness (QED) is 0.208. The molecule has 0 amide bonds. The fourth-order valence-electron chi connectivity index (χ4n) is 6.40. The lowest BCUT2D eigenvalue weighted by molar-refractivity contribution is -0.686. The molecule has 2 aliphatic heterocycles. The topological polar surface area (TPSA) is 50.0 Å². The third kappa shape index (κ3) is 4.13. The maximum absolute atomic E-state index is 6.77. The van der Waals surface area contributed by atoms with Gasteiger partial charge in [0.05, 0.1) is 30.7 Å². The molecular weight excluding hydrogens is 629 g/mol. The highest BCUT2D eigenvalue weighted by Crippen LogP contribution is 2.50. The highest BCUT2D eigenvalue weighted by atomic mass is 127. The van der Waals surface area contributed by atoms with Crippen LogP contribution in [0.15, 0.2) is 91.1 Å². The van der Waals surface area contributed by atoms with E-state index in [2.05, 4.69) is 77.5 Å². The first-order chi connectivity index (χ1) is 19.7. The molecule has 0 saturated carbocycles. The number of halogens is 1. The van der Waals surface area contributed by atoms with Crippen LogP contribution < -0.4 is 47.5 Å². The molecule has 208 valence electrons. The summed E-state index contributed by atoms with van der Waals surface area (Å²) in [5.74, 6) is 2.93. The Morgan fingerprint density at radius 3 is 2.02 bits per heavy atom. The van der Waals surface area contributed by atoms with Crippen molar-refractivity contribution >= 4 is 10.8 Å². The van der Waals surface area contributed by atoms with Crippen molar-refractivity contribution in [2.75, 3.05) is 28.1 Å². The molecule has 5 aromatic rings. The van der Waals surface area contributed by atoms with E-state index in [0.717, 1.165) is 63.2 Å². The average molecular weight is 660 g/mol. The second-order valence-electron chi connectivity index (χ2n) is 10.0. The minimum atomic E-state index is -0.941. The third-order valence-corrected chi connectivity index (χ3v) is 8.16. The van der Waals surface area contributed by atoms with Crippen LogP contribution in [0, 0.1) is 0 Å². The van der Waals surface area contributed by atoms with E-state index in [1.54, 1.807) is 21.3 Å². The summed E-state index contributed by atoms with van der Waals surface area (Å²) in [7, 11) is 5.15. The Labute approximate surface area is 256 Å². The summed E-state index contributed by atoms with van der Waals surface area (Å²) < 4.78 is 32.4. The second-order valence-corrected chi connectivity index (χ2v) is 10.0. The Bertz CT molecular complexity index is 1700. The number of rotatable bonds is 6. The summed E-state index contributed by atoms with van der Waals surface area (Å²) >= 11 is 0. The Kier molecular flexibility index (Phi) is 7.25. The fraction of sp³-hybridized carbons (Fsp3) is 0.206. The predicted octanol–water partition coefficient (Wildman–Crippen LogP) is 3.04. The van der Waals surface area contributed by atoms with Crippen LogP contribution in [-0.2, 0) is 23.3 Å². The van der Waals surface area contributed by atoms with Crippen molar-refractivity contribution < 1.29 is 52.2 Å². The normalized spacial score (nSPS) is 13.2. The molecule has 2 aliphatic rings. The molecule has 0 bridgehead atoms. The summed E-state index contributed by atoms with van der Waals surface area (Å²) in [6.45, 7) is 1.02. The van der Waals surface area contributed by atoms with Gasteiger partial charge in [-0.05, 0) is 41.0 Å². The van der Waals surface area contributed by atoms with Crippen LogP contribution in [0.1, 0.15) is 22.3 Å². The van der Waals surface area contributed by atoms with Crippen LogP contribution in [0.2, 0.25) is 0 Å². The van der Waals surface area contributed by atoms with Crippen molar-refractivity contribution in [3.63, 3.8) is 0 Å². The molecule has 1 aromatic heterocycles. The molecule has 0 saturated heterocycles. The Hall–Kier alpha value is -3.82. The Morgan fingerprint density at radius 2 is 1.41 bits per heavy atom. The van der Waals surface area contributed by atoms with Crippen molar-refractivity contribution in [1.82, 2.24) is 0 Å². The van der Waals surface area contributed by atoms with Gasteiger partial charge >= 0.3 is 0 Å². The van der Waals surface area contributed by atoms with E-state index < -0.39 is 5.60 Å². The molecule has 0 radical (unpaired) electrons. The highest BCUT2D eigenvalue weighted by Gasteiger charge is 2.45. The maximum Gasteiger partial charge on any atom is 0.231 e. The second kappa shape index (κ2) is 10.9. The van der Waals surface area contributed by atoms with Crippen molar-refractivity contribution in [3.8, 4) is 34.3 Å². The van der Waals surface area contributed by atoms with Crippen LogP contribution in [0.25, 0.3) is 22.0 Å². The minimum absolute atomic E-state index is 0. The predicted molar refractivity (Wildman–Crippen MR) is 152 cm³/mol. The zero-order valence-corrected chi connectivity index (χ0v) is 25.3. The lowest BCUT2D eigenvalue weighted by Crippen LogP contribution is -3.00. The zero-order valence-electron chi connectivity index (χ0n) is 23.1. The number of hydrogen-bond acceptors (Lipinski definition) is 5. The molecule has 0 unspecified atom stereocenters. The van der Waals surface area contributed by atoms with Gasteiger partial charge in [0.1, 0.15) is 5.60 Å². The van der Waals surface area contributed by atoms with Crippen LogP contribution in [0.3, 0.4) is 0 Å². The van der Waals surface area contributed by atoms with Crippen molar-refractivity contribution in [1.29, 1.82) is 0 Å². The average Bonchev–Trinajstić information content (AvgIpc) is 3.48. The summed E-state index contributed by atoms with van der Waals surface area (Å²) in [4.78, 5) is 0. The van der Waals surface area contributed by atoms with Crippen LogP contribution in [0.5, 0.6) is 23.0 Å². The van der Waals surface area contributed by atoms with Crippen LogP contribution in [-0.4, -0.2) is 28.1 Å². The van der Waals surface area contributed by atoms with Crippen molar-refractivity contribution in [2.45, 2.75) is 18.6 Å². The zero-order chi connectivity index (χ0) is 27.3. The fourth-order valence-corrected chi connectivity index (χ4v) is 6.40. The van der Waals surface area contributed by atoms with Crippen LogP contribution >= 0.6 is 0 Å². The molecule has 6 nitrogen and oxygen atoms in total. The number of hydrogen-bond donors (Lipinski definition) is 0. The number of pyridine rings is 1. The van der Waals surface area contributed by atoms with E-state index in [1.807, 2.05) is 18.2 Å². The Morgan fingerprint density at radius 1 is 0.756 bits per heavy atom. The standard InChI is InChI=1S/C34H30NO5.HI/c1-36-28-15-14-25-27(33(28)37-2)20-35-17-16-22-18-29-30(40-21-39-29)19-26(22)32(35)31(25)34(38-3,23-10-6-4-7-11-23)24-12-8-5-9-13-24;/h4-15,18-20H,16-17,21H2,1-3H3;1H/q+1;/p-1. The maximum atomic E-state index is 6.77. The van der Waals surface area contributed by atoms with Crippen molar-refractivity contribution in [2.24, 2.45) is 0 Å². The van der Waals surface area contributed by atoms with Gasteiger partial charge in [0.2, 0.25) is 12.5 Å². The van der Waals surface area contributed by atoms with Gasteiger partial charge in [-0.15, -0.1) is 0 Å². The smallest absolute Gasteiger partial charge is 0.231 e. The van der Waals surface area contributed by atoms with Gasteiger partial charge in [0.15, 0.2) is 35.7 Å². The molecule has 0 aliphatic carbocycles. The molecule has 41 heavy (non-hydrogen) atoms. The van der Waals surface area contributed by atoms with E-state index in [-0.39, 0.29) is 30.8 Å². The van der Waals surface area contributed by atoms with Crippen LogP contribution in [0.4, 0.5) is 0 Å². The summed E-state index contributed by atoms with van der Waals surface area (Å²) in [6, 6.07) is 29.2. The monoisotopic (exact) mass is 659 g/mol.